The largest absolute Gasteiger partial charge is 0.382 e. The van der Waals surface area contributed by atoms with Gasteiger partial charge in [-0.1, -0.05) is 6.07 Å². The van der Waals surface area contributed by atoms with E-state index in [1.54, 1.807) is 0 Å². The molecule has 0 radical (unpaired) electrons. The highest BCUT2D eigenvalue weighted by molar-refractivity contribution is 7.90. The molecule has 1 aromatic carbocycles. The van der Waals surface area contributed by atoms with Gasteiger partial charge >= 0.3 is 0 Å². The maximum absolute atomic E-state index is 11.1. The molecule has 0 aliphatic rings. The third kappa shape index (κ3) is 4.66. The maximum Gasteiger partial charge on any atom is 0.149 e. The first-order chi connectivity index (χ1) is 7.26. The molecule has 1 atom stereocenters. The Labute approximate surface area is 97.8 Å². The third-order valence-electron chi connectivity index (χ3n) is 2.19. The van der Waals surface area contributed by atoms with Gasteiger partial charge in [0.05, 0.1) is 5.75 Å². The Hall–Kier alpha value is -1.03. The smallest absolute Gasteiger partial charge is 0.149 e. The first kappa shape index (κ1) is 13.0. The summed E-state index contributed by atoms with van der Waals surface area (Å²) in [6.45, 7) is 5.93. The molecule has 0 aromatic heterocycles. The molecule has 1 rings (SSSR count). The van der Waals surface area contributed by atoms with E-state index in [1.807, 2.05) is 32.9 Å². The summed E-state index contributed by atoms with van der Waals surface area (Å²) in [7, 11) is -2.93. The molecule has 3 nitrogen and oxygen atoms in total. The molecule has 0 heterocycles. The maximum atomic E-state index is 11.1. The fourth-order valence-electron chi connectivity index (χ4n) is 1.84. The minimum atomic E-state index is -2.93. The van der Waals surface area contributed by atoms with Crippen molar-refractivity contribution in [2.75, 3.05) is 17.3 Å². The number of hydrogen-bond donors (Lipinski definition) is 1. The van der Waals surface area contributed by atoms with Crippen molar-refractivity contribution in [1.82, 2.24) is 0 Å². The highest BCUT2D eigenvalue weighted by Gasteiger charge is 2.10. The molecule has 0 saturated carbocycles. The van der Waals surface area contributed by atoms with Crippen LogP contribution in [0, 0.1) is 13.8 Å². The average Bonchev–Trinajstić information content (AvgIpc) is 1.96. The Kier molecular flexibility index (Phi) is 3.97. The molecule has 0 fully saturated rings. The van der Waals surface area contributed by atoms with Crippen LogP contribution >= 0.6 is 0 Å². The van der Waals surface area contributed by atoms with Crippen molar-refractivity contribution in [3.63, 3.8) is 0 Å². The molecule has 0 spiro atoms. The van der Waals surface area contributed by atoms with Crippen LogP contribution in [0.1, 0.15) is 18.1 Å². The van der Waals surface area contributed by atoms with Crippen molar-refractivity contribution in [2.45, 2.75) is 26.8 Å². The number of anilines is 1. The van der Waals surface area contributed by atoms with E-state index >= 15 is 0 Å². The van der Waals surface area contributed by atoms with Crippen LogP contribution in [0.15, 0.2) is 18.2 Å². The predicted octanol–water partition coefficient (Wildman–Crippen LogP) is 2.15. The van der Waals surface area contributed by atoms with Crippen LogP contribution in [0.3, 0.4) is 0 Å². The van der Waals surface area contributed by atoms with Crippen molar-refractivity contribution < 1.29 is 8.42 Å². The van der Waals surface area contributed by atoms with Crippen LogP contribution in [-0.2, 0) is 9.84 Å². The molecule has 1 N–H and O–H groups in total. The summed E-state index contributed by atoms with van der Waals surface area (Å²) in [6, 6.07) is 6.06. The van der Waals surface area contributed by atoms with E-state index in [1.165, 1.54) is 17.4 Å². The topological polar surface area (TPSA) is 46.2 Å². The Bertz CT molecular complexity index is 446. The Balaban J connectivity index is 2.73. The standard InChI is InChI=1S/C12H19NO2S/c1-9-5-10(2)7-12(6-9)13-11(3)8-16(4,14)15/h5-7,11,13H,8H2,1-4H3. The zero-order chi connectivity index (χ0) is 12.3. The fourth-order valence-corrected chi connectivity index (χ4v) is 2.83. The SMILES string of the molecule is Cc1cc(C)cc(NC(C)CS(C)(=O)=O)c1. The van der Waals surface area contributed by atoms with E-state index in [9.17, 15) is 8.42 Å². The molecule has 0 aliphatic heterocycles. The van der Waals surface area contributed by atoms with E-state index in [2.05, 4.69) is 11.4 Å². The summed E-state index contributed by atoms with van der Waals surface area (Å²) < 4.78 is 22.3. The fraction of sp³-hybridized carbons (Fsp3) is 0.500. The molecule has 0 aliphatic carbocycles. The zero-order valence-corrected chi connectivity index (χ0v) is 11.1. The molecule has 0 saturated heterocycles. The normalized spacial score (nSPS) is 13.5. The van der Waals surface area contributed by atoms with Gasteiger partial charge in [0.15, 0.2) is 0 Å². The highest BCUT2D eigenvalue weighted by Crippen LogP contribution is 2.14. The number of aryl methyl sites for hydroxylation is 2. The number of nitrogens with one attached hydrogen (secondary N) is 1. The minimum absolute atomic E-state index is 0.0730. The van der Waals surface area contributed by atoms with Crippen molar-refractivity contribution in [2.24, 2.45) is 0 Å². The van der Waals surface area contributed by atoms with Crippen LogP contribution < -0.4 is 5.32 Å². The van der Waals surface area contributed by atoms with Crippen LogP contribution in [0.4, 0.5) is 5.69 Å². The van der Waals surface area contributed by atoms with Crippen molar-refractivity contribution >= 4 is 15.5 Å². The summed E-state index contributed by atoms with van der Waals surface area (Å²) in [5.41, 5.74) is 3.33. The summed E-state index contributed by atoms with van der Waals surface area (Å²) >= 11 is 0. The highest BCUT2D eigenvalue weighted by atomic mass is 32.2. The van der Waals surface area contributed by atoms with Crippen LogP contribution in [0.5, 0.6) is 0 Å². The molecular weight excluding hydrogens is 222 g/mol. The Morgan fingerprint density at radius 3 is 2.12 bits per heavy atom. The van der Waals surface area contributed by atoms with E-state index in [-0.39, 0.29) is 11.8 Å². The molecular formula is C12H19NO2S. The predicted molar refractivity (Wildman–Crippen MR) is 68.7 cm³/mol. The number of benzene rings is 1. The first-order valence-electron chi connectivity index (χ1n) is 5.29. The van der Waals surface area contributed by atoms with E-state index in [0.29, 0.717) is 0 Å². The second-order valence-corrected chi connectivity index (χ2v) is 6.70. The van der Waals surface area contributed by atoms with Crippen LogP contribution in [0.2, 0.25) is 0 Å². The van der Waals surface area contributed by atoms with Crippen molar-refractivity contribution in [1.29, 1.82) is 0 Å². The lowest BCUT2D eigenvalue weighted by Gasteiger charge is -2.15. The quantitative estimate of drug-likeness (QED) is 0.878. The summed E-state index contributed by atoms with van der Waals surface area (Å²) in [4.78, 5) is 0. The van der Waals surface area contributed by atoms with Gasteiger partial charge in [-0.2, -0.15) is 0 Å². The van der Waals surface area contributed by atoms with Gasteiger partial charge in [0.25, 0.3) is 0 Å². The van der Waals surface area contributed by atoms with Gasteiger partial charge in [-0.05, 0) is 44.0 Å². The number of hydrogen-bond acceptors (Lipinski definition) is 3. The summed E-state index contributed by atoms with van der Waals surface area (Å²) in [5, 5.41) is 3.20. The molecule has 90 valence electrons. The van der Waals surface area contributed by atoms with Crippen LogP contribution in [0.25, 0.3) is 0 Å². The van der Waals surface area contributed by atoms with Gasteiger partial charge in [-0.25, -0.2) is 8.42 Å². The average molecular weight is 241 g/mol. The van der Waals surface area contributed by atoms with Crippen molar-refractivity contribution in [3.05, 3.63) is 29.3 Å². The van der Waals surface area contributed by atoms with Gasteiger partial charge in [0, 0.05) is 18.0 Å². The van der Waals surface area contributed by atoms with E-state index in [4.69, 9.17) is 0 Å². The summed E-state index contributed by atoms with van der Waals surface area (Å²) in [6.07, 6.45) is 1.26. The van der Waals surface area contributed by atoms with Gasteiger partial charge < -0.3 is 5.32 Å². The molecule has 4 heteroatoms. The summed E-state index contributed by atoms with van der Waals surface area (Å²) in [5.74, 6) is 0.153. The number of sulfone groups is 1. The lowest BCUT2D eigenvalue weighted by molar-refractivity contribution is 0.598. The second kappa shape index (κ2) is 4.87. The van der Waals surface area contributed by atoms with Crippen LogP contribution in [-0.4, -0.2) is 26.5 Å². The third-order valence-corrected chi connectivity index (χ3v) is 3.29. The van der Waals surface area contributed by atoms with Gasteiger partial charge in [0.1, 0.15) is 9.84 Å². The van der Waals surface area contributed by atoms with Gasteiger partial charge in [-0.3, -0.25) is 0 Å². The monoisotopic (exact) mass is 241 g/mol. The molecule has 0 bridgehead atoms. The zero-order valence-electron chi connectivity index (χ0n) is 10.2. The number of rotatable bonds is 4. The van der Waals surface area contributed by atoms with E-state index < -0.39 is 9.84 Å². The molecule has 16 heavy (non-hydrogen) atoms. The molecule has 0 amide bonds. The molecule has 1 unspecified atom stereocenters. The Morgan fingerprint density at radius 1 is 1.19 bits per heavy atom. The minimum Gasteiger partial charge on any atom is -0.382 e. The van der Waals surface area contributed by atoms with Gasteiger partial charge in [-0.15, -0.1) is 0 Å². The van der Waals surface area contributed by atoms with Crippen molar-refractivity contribution in [3.8, 4) is 0 Å². The van der Waals surface area contributed by atoms with Gasteiger partial charge in [0.2, 0.25) is 0 Å². The lowest BCUT2D eigenvalue weighted by Crippen LogP contribution is -2.25. The first-order valence-corrected chi connectivity index (χ1v) is 7.35. The Morgan fingerprint density at radius 2 is 1.69 bits per heavy atom. The second-order valence-electron chi connectivity index (χ2n) is 4.51. The lowest BCUT2D eigenvalue weighted by atomic mass is 10.1. The van der Waals surface area contributed by atoms with E-state index in [0.717, 1.165) is 5.69 Å². The molecule has 1 aromatic rings.